The lowest BCUT2D eigenvalue weighted by Crippen LogP contribution is -2.29. The fourth-order valence-corrected chi connectivity index (χ4v) is 3.36. The van der Waals surface area contributed by atoms with Gasteiger partial charge in [0.25, 0.3) is 0 Å². The molecule has 1 saturated carbocycles. The molecule has 0 saturated heterocycles. The Morgan fingerprint density at radius 1 is 1.35 bits per heavy atom. The minimum Gasteiger partial charge on any atom is -0.207 e. The molecule has 0 spiro atoms. The molecule has 0 aromatic heterocycles. The highest BCUT2D eigenvalue weighted by atomic mass is 79.9. The second-order valence-corrected chi connectivity index (χ2v) is 7.67. The van der Waals surface area contributed by atoms with E-state index in [9.17, 15) is 8.42 Å². The third-order valence-corrected chi connectivity index (χ3v) is 5.66. The first-order valence-corrected chi connectivity index (χ1v) is 7.86. The van der Waals surface area contributed by atoms with Crippen molar-refractivity contribution in [3.8, 4) is 0 Å². The maximum absolute atomic E-state index is 12.2. The molecule has 1 aliphatic carbocycles. The molecule has 2 rings (SSSR count). The number of benzene rings is 1. The summed E-state index contributed by atoms with van der Waals surface area (Å²) in [5.74, 6) is 1.20. The molecule has 0 bridgehead atoms. The Morgan fingerprint density at radius 3 is 2.35 bits per heavy atom. The number of sulfonamides is 1. The lowest BCUT2D eigenvalue weighted by Gasteiger charge is -2.17. The van der Waals surface area contributed by atoms with Crippen molar-refractivity contribution in [2.24, 2.45) is 11.8 Å². The van der Waals surface area contributed by atoms with E-state index in [-0.39, 0.29) is 0 Å². The van der Waals surface area contributed by atoms with Gasteiger partial charge in [0.1, 0.15) is 0 Å². The molecule has 0 radical (unpaired) electrons. The van der Waals surface area contributed by atoms with Crippen molar-refractivity contribution in [3.63, 3.8) is 0 Å². The van der Waals surface area contributed by atoms with Crippen LogP contribution in [-0.2, 0) is 10.0 Å². The van der Waals surface area contributed by atoms with Gasteiger partial charge in [-0.05, 0) is 42.5 Å². The summed E-state index contributed by atoms with van der Waals surface area (Å²) in [6.45, 7) is 2.78. The second-order valence-electron chi connectivity index (χ2n) is 4.71. The van der Waals surface area contributed by atoms with Gasteiger partial charge in [0.15, 0.2) is 0 Å². The van der Waals surface area contributed by atoms with Crippen LogP contribution in [0.25, 0.3) is 0 Å². The van der Waals surface area contributed by atoms with Crippen molar-refractivity contribution < 1.29 is 8.42 Å². The Bertz CT molecular complexity index is 498. The van der Waals surface area contributed by atoms with Gasteiger partial charge in [-0.3, -0.25) is 0 Å². The highest BCUT2D eigenvalue weighted by molar-refractivity contribution is 9.10. The molecule has 17 heavy (non-hydrogen) atoms. The molecule has 1 aromatic rings. The van der Waals surface area contributed by atoms with Crippen molar-refractivity contribution in [1.82, 2.24) is 4.31 Å². The molecule has 0 heterocycles. The van der Waals surface area contributed by atoms with Gasteiger partial charge < -0.3 is 0 Å². The smallest absolute Gasteiger partial charge is 0.207 e. The van der Waals surface area contributed by atoms with Crippen LogP contribution in [0.2, 0.25) is 0 Å². The zero-order valence-corrected chi connectivity index (χ0v) is 12.3. The van der Waals surface area contributed by atoms with Crippen molar-refractivity contribution in [3.05, 3.63) is 28.7 Å². The summed E-state index contributed by atoms with van der Waals surface area (Å²) >= 11 is 3.30. The number of hydrogen-bond acceptors (Lipinski definition) is 2. The lowest BCUT2D eigenvalue weighted by atomic mass is 10.3. The van der Waals surface area contributed by atoms with E-state index in [1.54, 1.807) is 31.3 Å². The van der Waals surface area contributed by atoms with Gasteiger partial charge in [0, 0.05) is 18.1 Å². The molecule has 2 unspecified atom stereocenters. The summed E-state index contributed by atoms with van der Waals surface area (Å²) in [7, 11) is -1.67. The average Bonchev–Trinajstić information content (AvgIpc) is 2.94. The standard InChI is InChI=1S/C12H16BrNO2S/c1-9-7-10(9)8-14(2)17(15,16)12-5-3-11(13)4-6-12/h3-6,9-10H,7-8H2,1-2H3. The van der Waals surface area contributed by atoms with E-state index in [2.05, 4.69) is 22.9 Å². The summed E-state index contributed by atoms with van der Waals surface area (Å²) in [6.07, 6.45) is 1.14. The topological polar surface area (TPSA) is 37.4 Å². The maximum atomic E-state index is 12.2. The molecule has 5 heteroatoms. The van der Waals surface area contributed by atoms with Crippen molar-refractivity contribution in [2.45, 2.75) is 18.2 Å². The van der Waals surface area contributed by atoms with E-state index < -0.39 is 10.0 Å². The highest BCUT2D eigenvalue weighted by Crippen LogP contribution is 2.38. The molecular formula is C12H16BrNO2S. The Labute approximate surface area is 111 Å². The quantitative estimate of drug-likeness (QED) is 0.856. The third kappa shape index (κ3) is 2.89. The Hall–Kier alpha value is -0.390. The van der Waals surface area contributed by atoms with E-state index >= 15 is 0 Å². The monoisotopic (exact) mass is 317 g/mol. The van der Waals surface area contributed by atoms with Crippen LogP contribution >= 0.6 is 15.9 Å². The van der Waals surface area contributed by atoms with Crippen LogP contribution in [0.5, 0.6) is 0 Å². The fraction of sp³-hybridized carbons (Fsp3) is 0.500. The summed E-state index contributed by atoms with van der Waals surface area (Å²) in [4.78, 5) is 0.358. The predicted molar refractivity (Wildman–Crippen MR) is 71.2 cm³/mol. The first kappa shape index (κ1) is 13.1. The van der Waals surface area contributed by atoms with Gasteiger partial charge in [-0.25, -0.2) is 12.7 Å². The molecular weight excluding hydrogens is 302 g/mol. The molecule has 1 aliphatic rings. The minimum atomic E-state index is -3.32. The fourth-order valence-electron chi connectivity index (χ4n) is 1.87. The van der Waals surface area contributed by atoms with Gasteiger partial charge in [-0.2, -0.15) is 0 Å². The summed E-state index contributed by atoms with van der Waals surface area (Å²) < 4.78 is 26.8. The van der Waals surface area contributed by atoms with Gasteiger partial charge in [0.2, 0.25) is 10.0 Å². The lowest BCUT2D eigenvalue weighted by molar-refractivity contribution is 0.444. The predicted octanol–water partition coefficient (Wildman–Crippen LogP) is 2.73. The molecule has 2 atom stereocenters. The summed E-state index contributed by atoms with van der Waals surface area (Å²) in [6, 6.07) is 6.76. The van der Waals surface area contributed by atoms with Gasteiger partial charge in [-0.1, -0.05) is 22.9 Å². The Balaban J connectivity index is 2.14. The zero-order valence-electron chi connectivity index (χ0n) is 9.93. The number of rotatable bonds is 4. The largest absolute Gasteiger partial charge is 0.242 e. The Kier molecular flexibility index (Phi) is 3.61. The average molecular weight is 318 g/mol. The van der Waals surface area contributed by atoms with E-state index in [4.69, 9.17) is 0 Å². The molecule has 0 N–H and O–H groups in total. The molecule has 0 aliphatic heterocycles. The van der Waals surface area contributed by atoms with Crippen LogP contribution in [-0.4, -0.2) is 26.3 Å². The van der Waals surface area contributed by atoms with Gasteiger partial charge in [-0.15, -0.1) is 0 Å². The second kappa shape index (κ2) is 4.71. The molecule has 1 aromatic carbocycles. The molecule has 3 nitrogen and oxygen atoms in total. The van der Waals surface area contributed by atoms with E-state index in [1.807, 2.05) is 0 Å². The van der Waals surface area contributed by atoms with Crippen LogP contribution in [0, 0.1) is 11.8 Å². The maximum Gasteiger partial charge on any atom is 0.242 e. The number of nitrogens with zero attached hydrogens (tertiary/aromatic N) is 1. The van der Waals surface area contributed by atoms with Crippen LogP contribution in [0.3, 0.4) is 0 Å². The molecule has 94 valence electrons. The zero-order chi connectivity index (χ0) is 12.6. The molecule has 1 fully saturated rings. The third-order valence-electron chi connectivity index (χ3n) is 3.29. The van der Waals surface area contributed by atoms with Crippen molar-refractivity contribution >= 4 is 26.0 Å². The van der Waals surface area contributed by atoms with Gasteiger partial charge in [0.05, 0.1) is 4.90 Å². The number of halogens is 1. The van der Waals surface area contributed by atoms with E-state index in [0.29, 0.717) is 23.3 Å². The normalized spacial score (nSPS) is 24.0. The van der Waals surface area contributed by atoms with E-state index in [0.717, 1.165) is 10.9 Å². The van der Waals surface area contributed by atoms with Crippen LogP contribution in [0.15, 0.2) is 33.6 Å². The van der Waals surface area contributed by atoms with Crippen molar-refractivity contribution in [2.75, 3.05) is 13.6 Å². The first-order valence-electron chi connectivity index (χ1n) is 5.63. The molecule has 0 amide bonds. The highest BCUT2D eigenvalue weighted by Gasteiger charge is 2.36. The number of hydrogen-bond donors (Lipinski definition) is 0. The van der Waals surface area contributed by atoms with Crippen LogP contribution in [0.1, 0.15) is 13.3 Å². The van der Waals surface area contributed by atoms with Crippen LogP contribution < -0.4 is 0 Å². The minimum absolute atomic E-state index is 0.358. The van der Waals surface area contributed by atoms with Crippen LogP contribution in [0.4, 0.5) is 0 Å². The SMILES string of the molecule is CC1CC1CN(C)S(=O)(=O)c1ccc(Br)cc1. The van der Waals surface area contributed by atoms with Crippen molar-refractivity contribution in [1.29, 1.82) is 0 Å². The summed E-state index contributed by atoms with van der Waals surface area (Å²) in [5.41, 5.74) is 0. The summed E-state index contributed by atoms with van der Waals surface area (Å²) in [5, 5.41) is 0. The Morgan fingerprint density at radius 2 is 1.88 bits per heavy atom. The first-order chi connectivity index (χ1) is 7.91. The van der Waals surface area contributed by atoms with Gasteiger partial charge >= 0.3 is 0 Å². The van der Waals surface area contributed by atoms with E-state index in [1.165, 1.54) is 4.31 Å².